The predicted octanol–water partition coefficient (Wildman–Crippen LogP) is 1.07. The molecule has 4 heteroatoms. The first-order valence-electron chi connectivity index (χ1n) is 4.21. The van der Waals surface area contributed by atoms with E-state index in [2.05, 4.69) is 10.3 Å². The molecule has 0 aromatic carbocycles. The summed E-state index contributed by atoms with van der Waals surface area (Å²) in [4.78, 5) is 4.03. The van der Waals surface area contributed by atoms with Gasteiger partial charge in [-0.3, -0.25) is 5.32 Å². The Morgan fingerprint density at radius 3 is 3.33 bits per heavy atom. The van der Waals surface area contributed by atoms with Crippen LogP contribution < -0.4 is 5.32 Å². The van der Waals surface area contributed by atoms with Gasteiger partial charge in [0.2, 0.25) is 5.89 Å². The molecular formula is C8H12N2O2. The van der Waals surface area contributed by atoms with Gasteiger partial charge in [0.25, 0.3) is 0 Å². The fourth-order valence-electron chi connectivity index (χ4n) is 1.24. The molecular weight excluding hydrogens is 156 g/mol. The topological polar surface area (TPSA) is 47.3 Å². The van der Waals surface area contributed by atoms with Crippen molar-refractivity contribution in [1.82, 2.24) is 10.3 Å². The highest BCUT2D eigenvalue weighted by Crippen LogP contribution is 2.14. The average Bonchev–Trinajstić information content (AvgIpc) is 2.48. The van der Waals surface area contributed by atoms with Crippen LogP contribution in [0, 0.1) is 0 Å². The Kier molecular flexibility index (Phi) is 2.39. The number of rotatable bonds is 1. The van der Waals surface area contributed by atoms with E-state index in [9.17, 15) is 0 Å². The Hall–Kier alpha value is -0.870. The normalized spacial score (nSPS) is 25.2. The molecule has 1 aromatic heterocycles. The molecule has 0 bridgehead atoms. The van der Waals surface area contributed by atoms with E-state index in [0.29, 0.717) is 5.89 Å². The Morgan fingerprint density at radius 2 is 2.50 bits per heavy atom. The highest BCUT2D eigenvalue weighted by Gasteiger charge is 2.17. The van der Waals surface area contributed by atoms with Gasteiger partial charge in [-0.1, -0.05) is 0 Å². The van der Waals surface area contributed by atoms with Crippen molar-refractivity contribution in [3.63, 3.8) is 0 Å². The van der Waals surface area contributed by atoms with Crippen molar-refractivity contribution in [3.8, 4) is 0 Å². The number of hydrogen-bond acceptors (Lipinski definition) is 4. The zero-order valence-corrected chi connectivity index (χ0v) is 6.82. The summed E-state index contributed by atoms with van der Waals surface area (Å²) in [5, 5.41) is 3.21. The summed E-state index contributed by atoms with van der Waals surface area (Å²) in [7, 11) is 0. The van der Waals surface area contributed by atoms with Crippen molar-refractivity contribution in [1.29, 1.82) is 0 Å². The van der Waals surface area contributed by atoms with Crippen LogP contribution in [0.5, 0.6) is 0 Å². The number of hydrogen-bond donors (Lipinski definition) is 1. The van der Waals surface area contributed by atoms with Crippen molar-refractivity contribution in [2.75, 3.05) is 13.2 Å². The molecule has 1 N–H and O–H groups in total. The van der Waals surface area contributed by atoms with Crippen molar-refractivity contribution in [2.45, 2.75) is 19.1 Å². The molecule has 2 rings (SSSR count). The van der Waals surface area contributed by atoms with E-state index < -0.39 is 0 Å². The maximum absolute atomic E-state index is 5.48. The highest BCUT2D eigenvalue weighted by atomic mass is 16.5. The van der Waals surface area contributed by atoms with Gasteiger partial charge in [0.15, 0.2) is 6.23 Å². The molecule has 12 heavy (non-hydrogen) atoms. The lowest BCUT2D eigenvalue weighted by Gasteiger charge is -2.11. The minimum Gasteiger partial charge on any atom is -0.445 e. The molecule has 2 heterocycles. The smallest absolute Gasteiger partial charge is 0.238 e. The quantitative estimate of drug-likeness (QED) is 0.681. The van der Waals surface area contributed by atoms with Gasteiger partial charge < -0.3 is 9.15 Å². The van der Waals surface area contributed by atoms with Crippen LogP contribution in [0.25, 0.3) is 0 Å². The second-order valence-electron chi connectivity index (χ2n) is 2.78. The number of oxazole rings is 1. The number of ether oxygens (including phenoxy) is 1. The van der Waals surface area contributed by atoms with Crippen LogP contribution in [0.3, 0.4) is 0 Å². The summed E-state index contributed by atoms with van der Waals surface area (Å²) >= 11 is 0. The molecule has 1 aliphatic rings. The monoisotopic (exact) mass is 168 g/mol. The summed E-state index contributed by atoms with van der Waals surface area (Å²) in [6.45, 7) is 1.74. The Balaban J connectivity index is 2.02. The molecule has 4 nitrogen and oxygen atoms in total. The molecule has 1 saturated heterocycles. The number of aromatic nitrogens is 1. The molecule has 0 saturated carbocycles. The van der Waals surface area contributed by atoms with E-state index in [-0.39, 0.29) is 6.23 Å². The first-order chi connectivity index (χ1) is 5.97. The van der Waals surface area contributed by atoms with E-state index in [4.69, 9.17) is 9.15 Å². The minimum absolute atomic E-state index is 0.150. The van der Waals surface area contributed by atoms with Gasteiger partial charge in [0, 0.05) is 6.61 Å². The first-order valence-corrected chi connectivity index (χ1v) is 4.21. The molecule has 0 aliphatic carbocycles. The SMILES string of the molecule is c1coc(C2NCCCCO2)n1. The zero-order chi connectivity index (χ0) is 8.23. The molecule has 0 amide bonds. The highest BCUT2D eigenvalue weighted by molar-refractivity contribution is 4.85. The van der Waals surface area contributed by atoms with Crippen LogP contribution in [0.1, 0.15) is 25.0 Å². The van der Waals surface area contributed by atoms with Crippen molar-refractivity contribution in [2.24, 2.45) is 0 Å². The lowest BCUT2D eigenvalue weighted by Crippen LogP contribution is -2.22. The second-order valence-corrected chi connectivity index (χ2v) is 2.78. The van der Waals surface area contributed by atoms with Gasteiger partial charge in [-0.15, -0.1) is 0 Å². The van der Waals surface area contributed by atoms with E-state index in [1.165, 1.54) is 0 Å². The Labute approximate surface area is 70.9 Å². The average molecular weight is 168 g/mol. The lowest BCUT2D eigenvalue weighted by atomic mass is 10.3. The summed E-state index contributed by atoms with van der Waals surface area (Å²) in [6.07, 6.45) is 5.29. The molecule has 1 aliphatic heterocycles. The molecule has 1 aromatic rings. The van der Waals surface area contributed by atoms with Crippen LogP contribution in [-0.4, -0.2) is 18.1 Å². The van der Waals surface area contributed by atoms with Gasteiger partial charge in [-0.05, 0) is 19.4 Å². The maximum atomic E-state index is 5.48. The second kappa shape index (κ2) is 3.69. The van der Waals surface area contributed by atoms with Gasteiger partial charge in [-0.25, -0.2) is 4.98 Å². The predicted molar refractivity (Wildman–Crippen MR) is 42.4 cm³/mol. The standard InChI is InChI=1S/C8H12N2O2/c1-2-5-11-7(9-3-1)8-10-4-6-12-8/h4,6-7,9H,1-3,5H2. The summed E-state index contributed by atoms with van der Waals surface area (Å²) < 4.78 is 10.6. The zero-order valence-electron chi connectivity index (χ0n) is 6.82. The Bertz CT molecular complexity index is 215. The van der Waals surface area contributed by atoms with E-state index in [0.717, 1.165) is 26.0 Å². The van der Waals surface area contributed by atoms with Crippen molar-refractivity contribution in [3.05, 3.63) is 18.4 Å². The van der Waals surface area contributed by atoms with Crippen LogP contribution >= 0.6 is 0 Å². The fourth-order valence-corrected chi connectivity index (χ4v) is 1.24. The van der Waals surface area contributed by atoms with Crippen molar-refractivity contribution >= 4 is 0 Å². The van der Waals surface area contributed by atoms with Crippen molar-refractivity contribution < 1.29 is 9.15 Å². The van der Waals surface area contributed by atoms with Gasteiger partial charge in [0.1, 0.15) is 6.26 Å². The molecule has 1 atom stereocenters. The molecule has 1 fully saturated rings. The van der Waals surface area contributed by atoms with Gasteiger partial charge in [-0.2, -0.15) is 0 Å². The van der Waals surface area contributed by atoms with E-state index in [1.54, 1.807) is 12.5 Å². The van der Waals surface area contributed by atoms with Crippen LogP contribution in [-0.2, 0) is 4.74 Å². The number of nitrogens with zero attached hydrogens (tertiary/aromatic N) is 1. The number of nitrogens with one attached hydrogen (secondary N) is 1. The third-order valence-electron chi connectivity index (χ3n) is 1.86. The molecule has 0 radical (unpaired) electrons. The third-order valence-corrected chi connectivity index (χ3v) is 1.86. The summed E-state index contributed by atoms with van der Waals surface area (Å²) in [6, 6.07) is 0. The largest absolute Gasteiger partial charge is 0.445 e. The minimum atomic E-state index is -0.150. The van der Waals surface area contributed by atoms with E-state index >= 15 is 0 Å². The third kappa shape index (κ3) is 1.65. The summed E-state index contributed by atoms with van der Waals surface area (Å²) in [5.74, 6) is 0.622. The molecule has 1 unspecified atom stereocenters. The molecule has 0 spiro atoms. The maximum Gasteiger partial charge on any atom is 0.238 e. The molecule has 66 valence electrons. The summed E-state index contributed by atoms with van der Waals surface area (Å²) in [5.41, 5.74) is 0. The lowest BCUT2D eigenvalue weighted by molar-refractivity contribution is 0.0231. The fraction of sp³-hybridized carbons (Fsp3) is 0.625. The van der Waals surface area contributed by atoms with Gasteiger partial charge in [0.05, 0.1) is 6.20 Å². The van der Waals surface area contributed by atoms with Crippen LogP contribution in [0.4, 0.5) is 0 Å². The first kappa shape index (κ1) is 7.76. The van der Waals surface area contributed by atoms with Gasteiger partial charge >= 0.3 is 0 Å². The Morgan fingerprint density at radius 1 is 1.50 bits per heavy atom. The van der Waals surface area contributed by atoms with Crippen LogP contribution in [0.2, 0.25) is 0 Å². The van der Waals surface area contributed by atoms with Crippen LogP contribution in [0.15, 0.2) is 16.9 Å². The van der Waals surface area contributed by atoms with E-state index in [1.807, 2.05) is 0 Å².